The van der Waals surface area contributed by atoms with Crippen LogP contribution in [0, 0.1) is 0 Å². The minimum atomic E-state index is -0.406. The first-order chi connectivity index (χ1) is 9.24. The van der Waals surface area contributed by atoms with E-state index >= 15 is 0 Å². The fourth-order valence-corrected chi connectivity index (χ4v) is 2.17. The molecule has 1 amide bonds. The molecule has 1 heterocycles. The van der Waals surface area contributed by atoms with Gasteiger partial charge in [-0.15, -0.1) is 6.58 Å². The molecule has 0 spiro atoms. The Kier molecular flexibility index (Phi) is 4.58. The minimum Gasteiger partial charge on any atom is -0.445 e. The number of ether oxygens (including phenoxy) is 2. The van der Waals surface area contributed by atoms with Gasteiger partial charge in [0.1, 0.15) is 6.61 Å². The molecule has 19 heavy (non-hydrogen) atoms. The lowest BCUT2D eigenvalue weighted by Crippen LogP contribution is -2.48. The molecule has 1 fully saturated rings. The smallest absolute Gasteiger partial charge is 0.407 e. The van der Waals surface area contributed by atoms with Crippen molar-refractivity contribution in [3.63, 3.8) is 0 Å². The van der Waals surface area contributed by atoms with Crippen molar-refractivity contribution in [1.82, 2.24) is 5.32 Å². The number of hydrogen-bond donors (Lipinski definition) is 1. The van der Waals surface area contributed by atoms with E-state index in [-0.39, 0.29) is 12.1 Å². The Morgan fingerprint density at radius 3 is 2.89 bits per heavy atom. The van der Waals surface area contributed by atoms with E-state index in [1.807, 2.05) is 30.3 Å². The van der Waals surface area contributed by atoms with Gasteiger partial charge in [-0.3, -0.25) is 0 Å². The molecule has 1 unspecified atom stereocenters. The normalized spacial score (nSPS) is 21.9. The molecule has 1 atom stereocenters. The van der Waals surface area contributed by atoms with Gasteiger partial charge in [0.05, 0.1) is 12.1 Å². The second-order valence-electron chi connectivity index (χ2n) is 4.76. The van der Waals surface area contributed by atoms with Crippen LogP contribution in [0.2, 0.25) is 0 Å². The summed E-state index contributed by atoms with van der Waals surface area (Å²) in [6.07, 6.45) is 2.87. The Hall–Kier alpha value is -1.81. The van der Waals surface area contributed by atoms with Gasteiger partial charge in [-0.2, -0.15) is 0 Å². The van der Waals surface area contributed by atoms with E-state index in [1.54, 1.807) is 6.08 Å². The minimum absolute atomic E-state index is 0.275. The van der Waals surface area contributed by atoms with Crippen LogP contribution in [0.15, 0.2) is 43.0 Å². The fraction of sp³-hybridized carbons (Fsp3) is 0.400. The molecule has 4 nitrogen and oxygen atoms in total. The summed E-state index contributed by atoms with van der Waals surface area (Å²) in [6, 6.07) is 9.61. The first kappa shape index (κ1) is 13.6. The molecule has 1 aliphatic heterocycles. The Bertz CT molecular complexity index is 424. The molecule has 102 valence electrons. The van der Waals surface area contributed by atoms with E-state index in [9.17, 15) is 4.79 Å². The lowest BCUT2D eigenvalue weighted by Gasteiger charge is -2.26. The average Bonchev–Trinajstić information content (AvgIpc) is 2.86. The van der Waals surface area contributed by atoms with Crippen LogP contribution in [0.4, 0.5) is 4.79 Å². The van der Waals surface area contributed by atoms with E-state index in [0.29, 0.717) is 19.6 Å². The van der Waals surface area contributed by atoms with Gasteiger partial charge in [-0.25, -0.2) is 4.79 Å². The van der Waals surface area contributed by atoms with E-state index in [1.165, 1.54) is 0 Å². The number of benzene rings is 1. The van der Waals surface area contributed by atoms with Crippen LogP contribution in [0.5, 0.6) is 0 Å². The van der Waals surface area contributed by atoms with Crippen LogP contribution >= 0.6 is 0 Å². The van der Waals surface area contributed by atoms with Crippen LogP contribution in [-0.2, 0) is 16.1 Å². The summed E-state index contributed by atoms with van der Waals surface area (Å²) < 4.78 is 10.6. The summed E-state index contributed by atoms with van der Waals surface area (Å²) in [4.78, 5) is 11.8. The van der Waals surface area contributed by atoms with E-state index in [4.69, 9.17) is 9.47 Å². The molecule has 1 aromatic carbocycles. The largest absolute Gasteiger partial charge is 0.445 e. The Balaban J connectivity index is 1.84. The van der Waals surface area contributed by atoms with Crippen LogP contribution in [0.25, 0.3) is 0 Å². The van der Waals surface area contributed by atoms with Crippen LogP contribution < -0.4 is 5.32 Å². The Labute approximate surface area is 113 Å². The number of nitrogens with one attached hydrogen (secondary N) is 1. The molecule has 0 aromatic heterocycles. The summed E-state index contributed by atoms with van der Waals surface area (Å²) in [5.74, 6) is 0. The molecule has 0 bridgehead atoms. The van der Waals surface area contributed by atoms with E-state index in [2.05, 4.69) is 11.9 Å². The van der Waals surface area contributed by atoms with Crippen molar-refractivity contribution in [3.05, 3.63) is 48.6 Å². The highest BCUT2D eigenvalue weighted by Gasteiger charge is 2.35. The standard InChI is InChI=1S/C15H19NO3/c1-2-8-15(9-10-18-12-15)16-14(17)19-11-13-6-4-3-5-7-13/h2-7H,1,8-12H2,(H,16,17). The number of carbonyl (C=O) groups is 1. The van der Waals surface area contributed by atoms with Crippen molar-refractivity contribution < 1.29 is 14.3 Å². The summed E-state index contributed by atoms with van der Waals surface area (Å²) in [5.41, 5.74) is 0.619. The zero-order valence-corrected chi connectivity index (χ0v) is 10.9. The van der Waals surface area contributed by atoms with Gasteiger partial charge in [0.25, 0.3) is 0 Å². The third-order valence-electron chi connectivity index (χ3n) is 3.22. The maximum absolute atomic E-state index is 11.8. The Morgan fingerprint density at radius 1 is 1.47 bits per heavy atom. The lowest BCUT2D eigenvalue weighted by molar-refractivity contribution is 0.118. The average molecular weight is 261 g/mol. The van der Waals surface area contributed by atoms with Gasteiger partial charge < -0.3 is 14.8 Å². The summed E-state index contributed by atoms with van der Waals surface area (Å²) in [7, 11) is 0. The fourth-order valence-electron chi connectivity index (χ4n) is 2.17. The molecule has 1 aliphatic rings. The first-order valence-corrected chi connectivity index (χ1v) is 6.42. The molecule has 4 heteroatoms. The molecule has 0 saturated carbocycles. The van der Waals surface area contributed by atoms with Crippen molar-refractivity contribution in [2.75, 3.05) is 13.2 Å². The SMILES string of the molecule is C=CCC1(NC(=O)OCc2ccccc2)CCOC1. The molecule has 2 rings (SSSR count). The van der Waals surface area contributed by atoms with Crippen molar-refractivity contribution >= 4 is 6.09 Å². The Morgan fingerprint density at radius 2 is 2.26 bits per heavy atom. The first-order valence-electron chi connectivity index (χ1n) is 6.42. The number of amides is 1. The van der Waals surface area contributed by atoms with Gasteiger partial charge in [0.15, 0.2) is 0 Å². The molecular weight excluding hydrogens is 242 g/mol. The molecule has 0 aliphatic carbocycles. The van der Waals surface area contributed by atoms with E-state index < -0.39 is 6.09 Å². The van der Waals surface area contributed by atoms with Crippen LogP contribution in [-0.4, -0.2) is 24.8 Å². The number of rotatable bonds is 5. The van der Waals surface area contributed by atoms with Gasteiger partial charge in [-0.05, 0) is 18.4 Å². The third-order valence-corrected chi connectivity index (χ3v) is 3.22. The van der Waals surface area contributed by atoms with Gasteiger partial charge in [-0.1, -0.05) is 36.4 Å². The van der Waals surface area contributed by atoms with Gasteiger partial charge in [0.2, 0.25) is 0 Å². The second-order valence-corrected chi connectivity index (χ2v) is 4.76. The molecule has 1 N–H and O–H groups in total. The number of carbonyl (C=O) groups excluding carboxylic acids is 1. The summed E-state index contributed by atoms with van der Waals surface area (Å²) in [5, 5.41) is 2.91. The summed E-state index contributed by atoms with van der Waals surface area (Å²) in [6.45, 7) is 5.17. The van der Waals surface area contributed by atoms with Gasteiger partial charge in [0, 0.05) is 6.61 Å². The van der Waals surface area contributed by atoms with Crippen molar-refractivity contribution in [3.8, 4) is 0 Å². The monoisotopic (exact) mass is 261 g/mol. The zero-order chi connectivity index (χ0) is 13.6. The number of alkyl carbamates (subject to hydrolysis) is 1. The second kappa shape index (κ2) is 6.38. The maximum atomic E-state index is 11.8. The predicted molar refractivity (Wildman–Crippen MR) is 72.7 cm³/mol. The van der Waals surface area contributed by atoms with Crippen LogP contribution in [0.1, 0.15) is 18.4 Å². The van der Waals surface area contributed by atoms with Gasteiger partial charge >= 0.3 is 6.09 Å². The zero-order valence-electron chi connectivity index (χ0n) is 10.9. The molecular formula is C15H19NO3. The highest BCUT2D eigenvalue weighted by molar-refractivity contribution is 5.68. The molecule has 1 saturated heterocycles. The predicted octanol–water partition coefficient (Wildman–Crippen LogP) is 2.65. The topological polar surface area (TPSA) is 47.6 Å². The highest BCUT2D eigenvalue weighted by atomic mass is 16.5. The van der Waals surface area contributed by atoms with Crippen molar-refractivity contribution in [1.29, 1.82) is 0 Å². The van der Waals surface area contributed by atoms with Crippen molar-refractivity contribution in [2.45, 2.75) is 25.0 Å². The molecule has 0 radical (unpaired) electrons. The lowest BCUT2D eigenvalue weighted by atomic mass is 9.95. The van der Waals surface area contributed by atoms with Crippen molar-refractivity contribution in [2.24, 2.45) is 0 Å². The third kappa shape index (κ3) is 3.83. The quantitative estimate of drug-likeness (QED) is 0.829. The van der Waals surface area contributed by atoms with Crippen LogP contribution in [0.3, 0.4) is 0 Å². The number of hydrogen-bond acceptors (Lipinski definition) is 3. The van der Waals surface area contributed by atoms with E-state index in [0.717, 1.165) is 12.0 Å². The highest BCUT2D eigenvalue weighted by Crippen LogP contribution is 2.23. The maximum Gasteiger partial charge on any atom is 0.407 e. The summed E-state index contributed by atoms with van der Waals surface area (Å²) >= 11 is 0. The molecule has 1 aromatic rings.